The van der Waals surface area contributed by atoms with Gasteiger partial charge in [0.05, 0.1) is 55.8 Å². The van der Waals surface area contributed by atoms with Gasteiger partial charge in [-0.3, -0.25) is 10.1 Å². The molecule has 1 N–H and O–H groups in total. The molecule has 2 heterocycles. The summed E-state index contributed by atoms with van der Waals surface area (Å²) >= 11 is 0. The second-order valence-corrected chi connectivity index (χ2v) is 9.23. The molecule has 0 saturated carbocycles. The first-order chi connectivity index (χ1) is 13.3. The van der Waals surface area contributed by atoms with Crippen LogP contribution >= 0.6 is 0 Å². The summed E-state index contributed by atoms with van der Waals surface area (Å²) in [6, 6.07) is 4.22. The number of hydrogen-bond donors (Lipinski definition) is 1. The lowest BCUT2D eigenvalue weighted by atomic mass is 10.2. The lowest BCUT2D eigenvalue weighted by Gasteiger charge is -2.33. The third kappa shape index (κ3) is 4.52. The molecular weight excluding hydrogens is 384 g/mol. The number of nitro groups is 1. The maximum Gasteiger partial charge on any atom is 0.293 e. The number of rotatable bonds is 6. The molecule has 0 aliphatic carbocycles. The molecule has 10 heteroatoms. The van der Waals surface area contributed by atoms with Crippen LogP contribution < -0.4 is 9.80 Å². The number of ether oxygens (including phenoxy) is 1. The predicted octanol–water partition coefficient (Wildman–Crippen LogP) is -0.103. The van der Waals surface area contributed by atoms with Crippen molar-refractivity contribution in [2.75, 3.05) is 63.9 Å². The smallest absolute Gasteiger partial charge is 0.293 e. The van der Waals surface area contributed by atoms with Crippen molar-refractivity contribution in [2.24, 2.45) is 0 Å². The van der Waals surface area contributed by atoms with E-state index in [1.807, 2.05) is 11.8 Å². The minimum atomic E-state index is -3.77. The van der Waals surface area contributed by atoms with Gasteiger partial charge < -0.3 is 14.5 Å². The molecule has 9 nitrogen and oxygen atoms in total. The maximum atomic E-state index is 12.8. The van der Waals surface area contributed by atoms with Crippen molar-refractivity contribution < 1.29 is 23.0 Å². The molecule has 0 unspecified atom stereocenters. The predicted molar refractivity (Wildman–Crippen MR) is 105 cm³/mol. The fraction of sp³-hybridized carbons (Fsp3) is 0.556. The van der Waals surface area contributed by atoms with Crippen molar-refractivity contribution >= 4 is 21.4 Å². The first-order valence-corrected chi connectivity index (χ1v) is 10.8. The zero-order valence-electron chi connectivity index (χ0n) is 16.1. The number of nitrogens with one attached hydrogen (secondary N) is 1. The summed E-state index contributed by atoms with van der Waals surface area (Å²) in [4.78, 5) is 14.5. The quantitative estimate of drug-likeness (QED) is 0.399. The summed E-state index contributed by atoms with van der Waals surface area (Å²) in [7, 11) is -3.77. The zero-order valence-corrected chi connectivity index (χ0v) is 16.9. The maximum absolute atomic E-state index is 12.8. The van der Waals surface area contributed by atoms with E-state index < -0.39 is 14.9 Å². The second kappa shape index (κ2) is 8.56. The van der Waals surface area contributed by atoms with Gasteiger partial charge in [-0.25, -0.2) is 8.42 Å². The molecule has 3 rings (SSSR count). The molecule has 0 atom stereocenters. The Hall–Kier alpha value is -2.01. The standard InChI is InChI=1S/C18H26N4O5S/c1-15(2)14-19-5-7-20(8-6-19)17-4-3-16(13-18(17)22(23)24)28(25,26)21-9-11-27-12-10-21/h3-4,13H,1,5-12,14H2,2H3/p+1. The fourth-order valence-corrected chi connectivity index (χ4v) is 5.11. The van der Waals surface area contributed by atoms with Gasteiger partial charge in [0.25, 0.3) is 5.69 Å². The number of sulfonamides is 1. The molecule has 1 aromatic carbocycles. The highest BCUT2D eigenvalue weighted by atomic mass is 32.2. The third-order valence-electron chi connectivity index (χ3n) is 5.11. The molecule has 2 aliphatic rings. The number of anilines is 1. The SMILES string of the molecule is C=C(C)C[NH+]1CCN(c2ccc(S(=O)(=O)N3CCOCC3)cc2[N+](=O)[O-])CC1. The monoisotopic (exact) mass is 411 g/mol. The fourth-order valence-electron chi connectivity index (χ4n) is 3.68. The van der Waals surface area contributed by atoms with Gasteiger partial charge in [0, 0.05) is 19.2 Å². The summed E-state index contributed by atoms with van der Waals surface area (Å²) in [5, 5.41) is 11.7. The zero-order chi connectivity index (χ0) is 20.3. The molecule has 0 spiro atoms. The van der Waals surface area contributed by atoms with Crippen molar-refractivity contribution in [3.05, 3.63) is 40.5 Å². The van der Waals surface area contributed by atoms with E-state index in [1.54, 1.807) is 6.07 Å². The van der Waals surface area contributed by atoms with Crippen molar-refractivity contribution in [1.82, 2.24) is 4.31 Å². The molecule has 2 saturated heterocycles. The van der Waals surface area contributed by atoms with E-state index in [0.29, 0.717) is 32.0 Å². The van der Waals surface area contributed by atoms with Crippen LogP contribution in [0.3, 0.4) is 0 Å². The van der Waals surface area contributed by atoms with Gasteiger partial charge >= 0.3 is 0 Å². The Labute approximate surface area is 165 Å². The van der Waals surface area contributed by atoms with Crippen LogP contribution in [0.1, 0.15) is 6.92 Å². The van der Waals surface area contributed by atoms with Crippen LogP contribution in [0.5, 0.6) is 0 Å². The van der Waals surface area contributed by atoms with Gasteiger partial charge in [-0.1, -0.05) is 6.58 Å². The number of nitrogens with zero attached hydrogens (tertiary/aromatic N) is 3. The van der Waals surface area contributed by atoms with Crippen LogP contribution in [-0.2, 0) is 14.8 Å². The van der Waals surface area contributed by atoms with E-state index >= 15 is 0 Å². The second-order valence-electron chi connectivity index (χ2n) is 7.30. The van der Waals surface area contributed by atoms with Gasteiger partial charge in [0.15, 0.2) is 0 Å². The Kier molecular flexibility index (Phi) is 6.33. The van der Waals surface area contributed by atoms with E-state index in [2.05, 4.69) is 6.58 Å². The van der Waals surface area contributed by atoms with E-state index in [-0.39, 0.29) is 23.7 Å². The van der Waals surface area contributed by atoms with E-state index in [4.69, 9.17) is 4.74 Å². The van der Waals surface area contributed by atoms with Crippen LogP contribution in [0, 0.1) is 10.1 Å². The largest absolute Gasteiger partial charge is 0.379 e. The normalized spacial score (nSPS) is 19.5. The number of nitro benzene ring substituents is 1. The molecule has 2 fully saturated rings. The van der Waals surface area contributed by atoms with E-state index in [0.717, 1.165) is 25.2 Å². The average molecular weight is 412 g/mol. The van der Waals surface area contributed by atoms with Crippen molar-refractivity contribution in [1.29, 1.82) is 0 Å². The highest BCUT2D eigenvalue weighted by molar-refractivity contribution is 7.89. The Morgan fingerprint density at radius 1 is 1.25 bits per heavy atom. The number of hydrogen-bond acceptors (Lipinski definition) is 6. The average Bonchev–Trinajstić information content (AvgIpc) is 2.68. The molecule has 154 valence electrons. The number of piperazine rings is 1. The van der Waals surface area contributed by atoms with Crippen molar-refractivity contribution in [3.63, 3.8) is 0 Å². The number of quaternary nitrogens is 1. The molecule has 1 aromatic rings. The molecule has 0 bridgehead atoms. The summed E-state index contributed by atoms with van der Waals surface area (Å²) in [5.41, 5.74) is 1.42. The topological polar surface area (TPSA) is 97.4 Å². The van der Waals surface area contributed by atoms with Gasteiger partial charge in [-0.05, 0) is 24.6 Å². The summed E-state index contributed by atoms with van der Waals surface area (Å²) < 4.78 is 32.1. The molecular formula is C18H27N4O5S+. The summed E-state index contributed by atoms with van der Waals surface area (Å²) in [6.45, 7) is 11.1. The van der Waals surface area contributed by atoms with Gasteiger partial charge in [0.1, 0.15) is 5.69 Å². The number of morpholine rings is 1. The van der Waals surface area contributed by atoms with Crippen LogP contribution in [0.4, 0.5) is 11.4 Å². The van der Waals surface area contributed by atoms with Crippen molar-refractivity contribution in [2.45, 2.75) is 11.8 Å². The Balaban J connectivity index is 1.82. The molecule has 0 aromatic heterocycles. The minimum Gasteiger partial charge on any atom is -0.379 e. The molecule has 28 heavy (non-hydrogen) atoms. The van der Waals surface area contributed by atoms with Crippen molar-refractivity contribution in [3.8, 4) is 0 Å². The Morgan fingerprint density at radius 3 is 2.46 bits per heavy atom. The lowest BCUT2D eigenvalue weighted by Crippen LogP contribution is -3.15. The first-order valence-electron chi connectivity index (χ1n) is 9.38. The minimum absolute atomic E-state index is 0.0450. The van der Waals surface area contributed by atoms with Crippen LogP contribution in [-0.4, -0.2) is 76.7 Å². The Morgan fingerprint density at radius 2 is 1.89 bits per heavy atom. The molecule has 2 aliphatic heterocycles. The van der Waals surface area contributed by atoms with Gasteiger partial charge in [-0.15, -0.1) is 0 Å². The van der Waals surface area contributed by atoms with Gasteiger partial charge in [-0.2, -0.15) is 4.31 Å². The number of benzene rings is 1. The highest BCUT2D eigenvalue weighted by Gasteiger charge is 2.31. The third-order valence-corrected chi connectivity index (χ3v) is 7.01. The van der Waals surface area contributed by atoms with Crippen LogP contribution in [0.25, 0.3) is 0 Å². The van der Waals surface area contributed by atoms with Gasteiger partial charge in [0.2, 0.25) is 10.0 Å². The highest BCUT2D eigenvalue weighted by Crippen LogP contribution is 2.32. The summed E-state index contributed by atoms with van der Waals surface area (Å²) in [5.74, 6) is 0. The molecule has 0 radical (unpaired) electrons. The lowest BCUT2D eigenvalue weighted by molar-refractivity contribution is -0.895. The molecule has 0 amide bonds. The van der Waals surface area contributed by atoms with E-state index in [9.17, 15) is 18.5 Å². The first kappa shape index (κ1) is 20.7. The van der Waals surface area contributed by atoms with E-state index in [1.165, 1.54) is 21.3 Å². The Bertz CT molecular complexity index is 844. The van der Waals surface area contributed by atoms with Crippen LogP contribution in [0.15, 0.2) is 35.2 Å². The van der Waals surface area contributed by atoms with Crippen LogP contribution in [0.2, 0.25) is 0 Å². The summed E-state index contributed by atoms with van der Waals surface area (Å²) in [6.07, 6.45) is 0.